The summed E-state index contributed by atoms with van der Waals surface area (Å²) in [6.07, 6.45) is 0.897. The van der Waals surface area contributed by atoms with Crippen LogP contribution in [0.2, 0.25) is 5.02 Å². The first-order valence-electron chi connectivity index (χ1n) is 6.77. The molecule has 2 rings (SSSR count). The molecule has 0 aliphatic heterocycles. The van der Waals surface area contributed by atoms with E-state index in [-0.39, 0.29) is 0 Å². The van der Waals surface area contributed by atoms with Crippen LogP contribution in [-0.4, -0.2) is 25.7 Å². The first-order chi connectivity index (χ1) is 10.2. The maximum absolute atomic E-state index is 6.12. The third-order valence-corrected chi connectivity index (χ3v) is 3.41. The van der Waals surface area contributed by atoms with Gasteiger partial charge in [0, 0.05) is 14.2 Å². The van der Waals surface area contributed by atoms with E-state index in [9.17, 15) is 0 Å². The maximum atomic E-state index is 6.12. The Labute approximate surface area is 130 Å². The van der Waals surface area contributed by atoms with Crippen molar-refractivity contribution in [2.75, 3.05) is 26.1 Å². The number of anilines is 1. The van der Waals surface area contributed by atoms with E-state index in [2.05, 4.69) is 10.3 Å². The molecule has 0 atom stereocenters. The Morgan fingerprint density at radius 3 is 2.57 bits per heavy atom. The van der Waals surface area contributed by atoms with Gasteiger partial charge in [0.15, 0.2) is 0 Å². The number of hydrogen-bond acceptors (Lipinski definition) is 4. The van der Waals surface area contributed by atoms with Crippen LogP contribution in [0.25, 0.3) is 0 Å². The lowest BCUT2D eigenvalue weighted by Gasteiger charge is -2.09. The van der Waals surface area contributed by atoms with Crippen LogP contribution < -0.4 is 10.1 Å². The zero-order valence-electron chi connectivity index (χ0n) is 12.2. The average Bonchev–Trinajstić information content (AvgIpc) is 2.53. The molecule has 5 heteroatoms. The Morgan fingerprint density at radius 1 is 1.14 bits per heavy atom. The van der Waals surface area contributed by atoms with E-state index in [0.29, 0.717) is 17.3 Å². The number of benzene rings is 1. The van der Waals surface area contributed by atoms with E-state index >= 15 is 0 Å². The first-order valence-corrected chi connectivity index (χ1v) is 7.14. The fourth-order valence-corrected chi connectivity index (χ4v) is 2.01. The number of methoxy groups -OCH3 is 1. The molecule has 0 saturated heterocycles. The van der Waals surface area contributed by atoms with E-state index in [1.165, 1.54) is 5.56 Å². The second-order valence-corrected chi connectivity index (χ2v) is 4.96. The lowest BCUT2D eigenvalue weighted by atomic mass is 10.1. The minimum atomic E-state index is 0.339. The molecule has 112 valence electrons. The Balaban J connectivity index is 1.96. The zero-order valence-corrected chi connectivity index (χ0v) is 13.0. The van der Waals surface area contributed by atoms with Crippen molar-refractivity contribution in [2.45, 2.75) is 13.0 Å². The van der Waals surface area contributed by atoms with Gasteiger partial charge in [-0.3, -0.25) is 0 Å². The van der Waals surface area contributed by atoms with Crippen LogP contribution >= 0.6 is 11.6 Å². The summed E-state index contributed by atoms with van der Waals surface area (Å²) in [4.78, 5) is 4.38. The molecule has 0 fully saturated rings. The van der Waals surface area contributed by atoms with E-state index in [4.69, 9.17) is 21.1 Å². The van der Waals surface area contributed by atoms with Crippen LogP contribution in [0.4, 0.5) is 5.82 Å². The predicted octanol–water partition coefficient (Wildman–Crippen LogP) is 3.54. The average molecular weight is 307 g/mol. The first kappa shape index (κ1) is 15.6. The summed E-state index contributed by atoms with van der Waals surface area (Å²) in [5.74, 6) is 1.57. The molecule has 0 bridgehead atoms. The molecule has 0 spiro atoms. The highest BCUT2D eigenvalue weighted by Crippen LogP contribution is 2.19. The summed E-state index contributed by atoms with van der Waals surface area (Å²) in [6, 6.07) is 11.6. The molecule has 0 unspecified atom stereocenters. The fraction of sp³-hybridized carbons (Fsp3) is 0.312. The SMILES string of the molecule is CNc1ccc(Cl)c(COc2ccc(CCOC)cc2)n1. The molecule has 21 heavy (non-hydrogen) atoms. The molecule has 0 saturated carbocycles. The van der Waals surface area contributed by atoms with E-state index in [1.807, 2.05) is 43.4 Å². The normalized spacial score (nSPS) is 10.4. The number of rotatable bonds is 7. The van der Waals surface area contributed by atoms with Gasteiger partial charge in [0.05, 0.1) is 17.3 Å². The van der Waals surface area contributed by atoms with Crippen LogP contribution in [0.15, 0.2) is 36.4 Å². The maximum Gasteiger partial charge on any atom is 0.132 e. The molecule has 1 N–H and O–H groups in total. The molecule has 1 aromatic heterocycles. The van der Waals surface area contributed by atoms with Gasteiger partial charge in [-0.2, -0.15) is 0 Å². The quantitative estimate of drug-likeness (QED) is 0.849. The van der Waals surface area contributed by atoms with Gasteiger partial charge in [0.2, 0.25) is 0 Å². The number of pyridine rings is 1. The summed E-state index contributed by atoms with van der Waals surface area (Å²) >= 11 is 6.12. The van der Waals surface area contributed by atoms with Crippen molar-refractivity contribution >= 4 is 17.4 Å². The predicted molar refractivity (Wildman–Crippen MR) is 85.1 cm³/mol. The van der Waals surface area contributed by atoms with Gasteiger partial charge in [-0.05, 0) is 36.2 Å². The molecule has 0 amide bonds. The van der Waals surface area contributed by atoms with Crippen LogP contribution in [-0.2, 0) is 17.8 Å². The minimum Gasteiger partial charge on any atom is -0.487 e. The molecule has 0 aliphatic rings. The molecule has 2 aromatic rings. The smallest absolute Gasteiger partial charge is 0.132 e. The Kier molecular flexibility index (Phi) is 5.84. The van der Waals surface area contributed by atoms with Crippen molar-refractivity contribution in [1.82, 2.24) is 4.98 Å². The molecule has 1 heterocycles. The standard InChI is InChI=1S/C16H19ClN2O2/c1-18-16-8-7-14(17)15(19-16)11-21-13-5-3-12(4-6-13)9-10-20-2/h3-8H,9-11H2,1-2H3,(H,18,19). The lowest BCUT2D eigenvalue weighted by Crippen LogP contribution is -2.02. The van der Waals surface area contributed by atoms with E-state index < -0.39 is 0 Å². The summed E-state index contributed by atoms with van der Waals surface area (Å²) in [5, 5.41) is 3.59. The number of hydrogen-bond donors (Lipinski definition) is 1. The largest absolute Gasteiger partial charge is 0.487 e. The van der Waals surface area contributed by atoms with Crippen LogP contribution in [0.3, 0.4) is 0 Å². The lowest BCUT2D eigenvalue weighted by molar-refractivity contribution is 0.202. The third kappa shape index (κ3) is 4.62. The highest BCUT2D eigenvalue weighted by atomic mass is 35.5. The Hall–Kier alpha value is -1.78. The molecular weight excluding hydrogens is 288 g/mol. The van der Waals surface area contributed by atoms with Crippen LogP contribution in [0, 0.1) is 0 Å². The number of aromatic nitrogens is 1. The molecular formula is C16H19ClN2O2. The van der Waals surface area contributed by atoms with Crippen LogP contribution in [0.1, 0.15) is 11.3 Å². The van der Waals surface area contributed by atoms with Gasteiger partial charge in [-0.15, -0.1) is 0 Å². The van der Waals surface area contributed by atoms with Crippen LogP contribution in [0.5, 0.6) is 5.75 Å². The van der Waals surface area contributed by atoms with Gasteiger partial charge in [0.1, 0.15) is 18.2 Å². The molecule has 4 nitrogen and oxygen atoms in total. The summed E-state index contributed by atoms with van der Waals surface area (Å²) in [7, 11) is 3.52. The molecule has 1 aromatic carbocycles. The third-order valence-electron chi connectivity index (χ3n) is 3.07. The van der Waals surface area contributed by atoms with Crippen molar-refractivity contribution in [3.8, 4) is 5.75 Å². The fourth-order valence-electron chi connectivity index (χ4n) is 1.85. The van der Waals surface area contributed by atoms with E-state index in [1.54, 1.807) is 7.11 Å². The van der Waals surface area contributed by atoms with Gasteiger partial charge in [-0.25, -0.2) is 4.98 Å². The minimum absolute atomic E-state index is 0.339. The van der Waals surface area contributed by atoms with Gasteiger partial charge < -0.3 is 14.8 Å². The van der Waals surface area contributed by atoms with Crippen molar-refractivity contribution in [1.29, 1.82) is 0 Å². The zero-order chi connectivity index (χ0) is 15.1. The van der Waals surface area contributed by atoms with Gasteiger partial charge >= 0.3 is 0 Å². The summed E-state index contributed by atoms with van der Waals surface area (Å²) in [5.41, 5.74) is 1.93. The van der Waals surface area contributed by atoms with Gasteiger partial charge in [0.25, 0.3) is 0 Å². The number of nitrogens with zero attached hydrogens (tertiary/aromatic N) is 1. The highest BCUT2D eigenvalue weighted by Gasteiger charge is 2.05. The van der Waals surface area contributed by atoms with Crippen molar-refractivity contribution in [2.24, 2.45) is 0 Å². The summed E-state index contributed by atoms with van der Waals surface area (Å²) < 4.78 is 10.8. The Bertz CT molecular complexity index is 573. The number of halogens is 1. The van der Waals surface area contributed by atoms with Crippen molar-refractivity contribution < 1.29 is 9.47 Å². The Morgan fingerprint density at radius 2 is 1.90 bits per heavy atom. The number of ether oxygens (including phenoxy) is 2. The topological polar surface area (TPSA) is 43.4 Å². The second kappa shape index (κ2) is 7.86. The summed E-state index contributed by atoms with van der Waals surface area (Å²) in [6.45, 7) is 1.06. The van der Waals surface area contributed by atoms with Crippen molar-refractivity contribution in [3.63, 3.8) is 0 Å². The molecule has 0 radical (unpaired) electrons. The molecule has 0 aliphatic carbocycles. The van der Waals surface area contributed by atoms with E-state index in [0.717, 1.165) is 24.6 Å². The van der Waals surface area contributed by atoms with Crippen molar-refractivity contribution in [3.05, 3.63) is 52.7 Å². The van der Waals surface area contributed by atoms with Gasteiger partial charge in [-0.1, -0.05) is 23.7 Å². The second-order valence-electron chi connectivity index (χ2n) is 4.55. The number of nitrogens with one attached hydrogen (secondary N) is 1. The highest BCUT2D eigenvalue weighted by molar-refractivity contribution is 6.31. The monoisotopic (exact) mass is 306 g/mol.